The van der Waals surface area contributed by atoms with Crippen LogP contribution in [-0.2, 0) is 0 Å². The molecule has 0 saturated carbocycles. The summed E-state index contributed by atoms with van der Waals surface area (Å²) in [6.07, 6.45) is 5.52. The zero-order valence-electron chi connectivity index (χ0n) is 14.7. The Morgan fingerprint density at radius 1 is 1.37 bits per heavy atom. The minimum atomic E-state index is -1.11. The molecule has 0 radical (unpaired) electrons. The Labute approximate surface area is 171 Å². The van der Waals surface area contributed by atoms with Crippen LogP contribution in [0.3, 0.4) is 0 Å². The van der Waals surface area contributed by atoms with Gasteiger partial charge in [-0.05, 0) is 26.8 Å². The van der Waals surface area contributed by atoms with Crippen molar-refractivity contribution < 1.29 is 14.4 Å². The van der Waals surface area contributed by atoms with E-state index < -0.39 is 23.3 Å². The van der Waals surface area contributed by atoms with E-state index in [9.17, 15) is 9.90 Å². The van der Waals surface area contributed by atoms with Crippen LogP contribution in [0, 0.1) is 19.3 Å². The maximum absolute atomic E-state index is 12.8. The maximum atomic E-state index is 12.8. The van der Waals surface area contributed by atoms with Gasteiger partial charge in [0.05, 0.1) is 20.6 Å². The Hall–Kier alpha value is -1.84. The van der Waals surface area contributed by atoms with Crippen molar-refractivity contribution in [3.63, 3.8) is 0 Å². The van der Waals surface area contributed by atoms with E-state index in [1.807, 2.05) is 0 Å². The smallest absolute Gasteiger partial charge is 0.286 e. The molecule has 142 valence electrons. The molecule has 1 N–H and O–H groups in total. The second-order valence-corrected chi connectivity index (χ2v) is 7.97. The molecule has 0 aliphatic carbocycles. The molecule has 0 fully saturated rings. The highest BCUT2D eigenvalue weighted by atomic mass is 35.5. The molecule has 2 aromatic rings. The summed E-state index contributed by atoms with van der Waals surface area (Å²) in [5.41, 5.74) is -0.657. The lowest BCUT2D eigenvalue weighted by Gasteiger charge is -2.41. The summed E-state index contributed by atoms with van der Waals surface area (Å²) >= 11 is 18.1. The van der Waals surface area contributed by atoms with Gasteiger partial charge >= 0.3 is 0 Å². The molecule has 0 unspecified atom stereocenters. The van der Waals surface area contributed by atoms with Gasteiger partial charge in [-0.15, -0.1) is 6.42 Å². The third-order valence-corrected chi connectivity index (χ3v) is 5.43. The number of hydrogen-bond donors (Lipinski definition) is 1. The molecule has 2 atom stereocenters. The summed E-state index contributed by atoms with van der Waals surface area (Å²) < 4.78 is 12.7. The molecule has 1 aliphatic heterocycles. The molecule has 3 rings (SSSR count). The Morgan fingerprint density at radius 3 is 2.63 bits per heavy atom. The average molecular weight is 429 g/mol. The second kappa shape index (κ2) is 6.96. The van der Waals surface area contributed by atoms with Crippen LogP contribution in [0.15, 0.2) is 26.5 Å². The zero-order valence-corrected chi connectivity index (χ0v) is 17.0. The van der Waals surface area contributed by atoms with Crippen molar-refractivity contribution in [3.05, 3.63) is 54.5 Å². The molecule has 0 bridgehead atoms. The monoisotopic (exact) mass is 427 g/mol. The van der Waals surface area contributed by atoms with Gasteiger partial charge in [-0.25, -0.2) is 0 Å². The molecule has 8 heteroatoms. The second-order valence-electron chi connectivity index (χ2n) is 6.75. The van der Waals surface area contributed by atoms with Crippen molar-refractivity contribution in [2.45, 2.75) is 38.5 Å². The standard InChI is InChI=1S/C19H16Cl3NO4/c1-5-10(20)6-14-9(2)18(25)23(27-14)16-11-7-12(21)13(22)8-15(11)26-19(3,4)17(16)24/h1,6-8,16-17,24H,2-4H3/b10-6+/t16-,17+/m1/s1. The first-order valence-corrected chi connectivity index (χ1v) is 9.12. The Morgan fingerprint density at radius 2 is 2.00 bits per heavy atom. The average Bonchev–Trinajstić information content (AvgIpc) is 2.86. The lowest BCUT2D eigenvalue weighted by atomic mass is 9.86. The van der Waals surface area contributed by atoms with Gasteiger partial charge in [-0.3, -0.25) is 4.79 Å². The van der Waals surface area contributed by atoms with E-state index in [0.717, 1.165) is 4.74 Å². The third kappa shape index (κ3) is 3.39. The Bertz CT molecular complexity index is 1040. The topological polar surface area (TPSA) is 64.6 Å². The summed E-state index contributed by atoms with van der Waals surface area (Å²) in [5, 5.41) is 11.6. The number of hydrogen-bond acceptors (Lipinski definition) is 4. The molecule has 0 saturated heterocycles. The van der Waals surface area contributed by atoms with Crippen molar-refractivity contribution in [3.8, 4) is 18.1 Å². The van der Waals surface area contributed by atoms with E-state index >= 15 is 0 Å². The first-order valence-electron chi connectivity index (χ1n) is 7.99. The number of halogens is 3. The minimum absolute atomic E-state index is 0.0853. The number of ether oxygens (including phenoxy) is 1. The maximum Gasteiger partial charge on any atom is 0.286 e. The lowest BCUT2D eigenvalue weighted by molar-refractivity contribution is -0.0774. The van der Waals surface area contributed by atoms with E-state index in [1.54, 1.807) is 32.9 Å². The zero-order chi connectivity index (χ0) is 20.1. The van der Waals surface area contributed by atoms with E-state index in [2.05, 4.69) is 5.92 Å². The van der Waals surface area contributed by atoms with Crippen molar-refractivity contribution >= 4 is 40.9 Å². The fourth-order valence-corrected chi connectivity index (χ4v) is 3.40. The molecular weight excluding hydrogens is 413 g/mol. The van der Waals surface area contributed by atoms with Gasteiger partial charge in [-0.1, -0.05) is 40.7 Å². The van der Waals surface area contributed by atoms with Gasteiger partial charge < -0.3 is 14.4 Å². The molecule has 1 aromatic carbocycles. The van der Waals surface area contributed by atoms with Gasteiger partial charge in [0.1, 0.15) is 23.5 Å². The first-order chi connectivity index (χ1) is 12.6. The number of rotatable bonds is 2. The highest BCUT2D eigenvalue weighted by molar-refractivity contribution is 6.42. The van der Waals surface area contributed by atoms with Crippen LogP contribution < -0.4 is 10.3 Å². The summed E-state index contributed by atoms with van der Waals surface area (Å²) in [4.78, 5) is 12.8. The fourth-order valence-electron chi connectivity index (χ4n) is 2.97. The highest BCUT2D eigenvalue weighted by Crippen LogP contribution is 2.44. The number of allylic oxidation sites excluding steroid dienone is 1. The normalized spacial score (nSPS) is 21.3. The van der Waals surface area contributed by atoms with Crippen LogP contribution in [0.4, 0.5) is 0 Å². The minimum Gasteiger partial charge on any atom is -0.485 e. The van der Waals surface area contributed by atoms with Crippen LogP contribution in [0.2, 0.25) is 10.0 Å². The number of benzene rings is 1. The summed E-state index contributed by atoms with van der Waals surface area (Å²) in [6, 6.07) is 2.23. The van der Waals surface area contributed by atoms with Crippen molar-refractivity contribution in [2.75, 3.05) is 0 Å². The van der Waals surface area contributed by atoms with Crippen molar-refractivity contribution in [1.82, 2.24) is 4.74 Å². The van der Waals surface area contributed by atoms with Gasteiger partial charge in [0.25, 0.3) is 5.56 Å². The number of aromatic nitrogens is 1. The SMILES string of the molecule is C#C/C(Cl)=C\c1on([C@@H]2c3cc(Cl)c(Cl)cc3OC(C)(C)[C@H]2O)c(=O)c1C. The quantitative estimate of drug-likeness (QED) is 0.721. The Balaban J connectivity index is 2.26. The largest absolute Gasteiger partial charge is 0.485 e. The summed E-state index contributed by atoms with van der Waals surface area (Å²) in [7, 11) is 0. The fraction of sp³-hybridized carbons (Fsp3) is 0.316. The van der Waals surface area contributed by atoms with E-state index in [-0.39, 0.29) is 15.8 Å². The van der Waals surface area contributed by atoms with Gasteiger partial charge in [0.15, 0.2) is 5.76 Å². The van der Waals surface area contributed by atoms with Crippen LogP contribution in [0.25, 0.3) is 6.08 Å². The number of terminal acetylenes is 1. The van der Waals surface area contributed by atoms with E-state index in [4.69, 9.17) is 50.5 Å². The number of aliphatic hydroxyl groups excluding tert-OH is 1. The molecule has 1 aromatic heterocycles. The molecule has 5 nitrogen and oxygen atoms in total. The van der Waals surface area contributed by atoms with E-state index in [0.29, 0.717) is 21.9 Å². The molecule has 2 heterocycles. The van der Waals surface area contributed by atoms with Gasteiger partial charge in [0, 0.05) is 17.7 Å². The van der Waals surface area contributed by atoms with E-state index in [1.165, 1.54) is 6.08 Å². The molecule has 1 aliphatic rings. The number of aliphatic hydroxyl groups is 1. The number of fused-ring (bicyclic) bond motifs is 1. The van der Waals surface area contributed by atoms with Crippen LogP contribution >= 0.6 is 34.8 Å². The molecular formula is C19H16Cl3NO4. The van der Waals surface area contributed by atoms with Gasteiger partial charge in [-0.2, -0.15) is 4.74 Å². The van der Waals surface area contributed by atoms with Crippen LogP contribution in [0.1, 0.15) is 36.8 Å². The summed E-state index contributed by atoms with van der Waals surface area (Å²) in [6.45, 7) is 4.99. The highest BCUT2D eigenvalue weighted by Gasteiger charge is 2.46. The third-order valence-electron chi connectivity index (χ3n) is 4.49. The predicted octanol–water partition coefficient (Wildman–Crippen LogP) is 4.39. The number of nitrogens with zero attached hydrogens (tertiary/aromatic N) is 1. The lowest BCUT2D eigenvalue weighted by Crippen LogP contribution is -2.51. The molecule has 0 spiro atoms. The van der Waals surface area contributed by atoms with Crippen molar-refractivity contribution in [2.24, 2.45) is 0 Å². The summed E-state index contributed by atoms with van der Waals surface area (Å²) in [5.74, 6) is 2.87. The van der Waals surface area contributed by atoms with Crippen molar-refractivity contribution in [1.29, 1.82) is 0 Å². The van der Waals surface area contributed by atoms with Gasteiger partial charge in [0.2, 0.25) is 0 Å². The Kier molecular flexibility index (Phi) is 5.13. The van der Waals surface area contributed by atoms with Crippen LogP contribution in [-0.4, -0.2) is 21.6 Å². The molecule has 0 amide bonds. The molecule has 27 heavy (non-hydrogen) atoms. The van der Waals surface area contributed by atoms with Crippen LogP contribution in [0.5, 0.6) is 5.75 Å². The predicted molar refractivity (Wildman–Crippen MR) is 106 cm³/mol. The first kappa shape index (κ1) is 19.9.